The van der Waals surface area contributed by atoms with E-state index in [2.05, 4.69) is 11.9 Å². The van der Waals surface area contributed by atoms with Gasteiger partial charge in [0.1, 0.15) is 0 Å². The molecule has 1 N–H and O–H groups in total. The predicted octanol–water partition coefficient (Wildman–Crippen LogP) is 3.49. The number of hydrogen-bond acceptors (Lipinski definition) is 1. The van der Waals surface area contributed by atoms with E-state index >= 15 is 0 Å². The fourth-order valence-electron chi connectivity index (χ4n) is 0.909. The third kappa shape index (κ3) is 3.81. The van der Waals surface area contributed by atoms with Crippen molar-refractivity contribution in [3.8, 4) is 0 Å². The monoisotopic (exact) mass is 193 g/mol. The van der Waals surface area contributed by atoms with Gasteiger partial charge >= 0.3 is 0 Å². The second kappa shape index (κ2) is 5.44. The second-order valence-corrected chi connectivity index (χ2v) is 2.99. The second-order valence-electron chi connectivity index (χ2n) is 2.55. The van der Waals surface area contributed by atoms with Crippen molar-refractivity contribution in [1.29, 1.82) is 0 Å². The molecule has 0 fully saturated rings. The Morgan fingerprint density at radius 1 is 1.31 bits per heavy atom. The summed E-state index contributed by atoms with van der Waals surface area (Å²) in [5, 5.41) is 3.97. The van der Waals surface area contributed by atoms with Gasteiger partial charge in [0, 0.05) is 17.3 Å². The lowest BCUT2D eigenvalue weighted by atomic mass is 10.3. The molecule has 1 aromatic carbocycles. The lowest BCUT2D eigenvalue weighted by Crippen LogP contribution is -1.96. The molecule has 1 nitrogen and oxygen atoms in total. The van der Waals surface area contributed by atoms with E-state index in [1.54, 1.807) is 6.08 Å². The van der Waals surface area contributed by atoms with Crippen LogP contribution in [0.2, 0.25) is 5.02 Å². The molecule has 0 atom stereocenters. The molecular formula is C11H12ClN. The van der Waals surface area contributed by atoms with Gasteiger partial charge in [0.25, 0.3) is 0 Å². The highest BCUT2D eigenvalue weighted by Gasteiger charge is 1.88. The van der Waals surface area contributed by atoms with Gasteiger partial charge in [-0.3, -0.25) is 0 Å². The third-order valence-corrected chi connectivity index (χ3v) is 1.79. The highest BCUT2D eigenvalue weighted by Crippen LogP contribution is 2.12. The molecule has 2 heteroatoms. The van der Waals surface area contributed by atoms with Gasteiger partial charge < -0.3 is 5.32 Å². The molecule has 0 amide bonds. The van der Waals surface area contributed by atoms with Gasteiger partial charge in [-0.05, 0) is 24.3 Å². The Morgan fingerprint density at radius 2 is 2.00 bits per heavy atom. The number of benzene rings is 1. The average Bonchev–Trinajstić information content (AvgIpc) is 2.15. The molecule has 68 valence electrons. The van der Waals surface area contributed by atoms with Crippen LogP contribution in [-0.2, 0) is 0 Å². The van der Waals surface area contributed by atoms with E-state index in [-0.39, 0.29) is 0 Å². The molecule has 1 aromatic rings. The van der Waals surface area contributed by atoms with Crippen LogP contribution in [0.1, 0.15) is 0 Å². The fourth-order valence-corrected chi connectivity index (χ4v) is 1.03. The first kappa shape index (κ1) is 9.87. The van der Waals surface area contributed by atoms with Crippen molar-refractivity contribution >= 4 is 17.3 Å². The van der Waals surface area contributed by atoms with Crippen LogP contribution in [0.25, 0.3) is 0 Å². The third-order valence-electron chi connectivity index (χ3n) is 1.54. The van der Waals surface area contributed by atoms with Crippen LogP contribution in [-0.4, -0.2) is 6.54 Å². The van der Waals surface area contributed by atoms with Gasteiger partial charge in [-0.25, -0.2) is 0 Å². The highest BCUT2D eigenvalue weighted by atomic mass is 35.5. The van der Waals surface area contributed by atoms with Crippen molar-refractivity contribution in [3.05, 3.63) is 54.1 Å². The SMILES string of the molecule is C=CC=CCNc1ccc(Cl)cc1. The Balaban J connectivity index is 2.41. The Labute approximate surface area is 83.7 Å². The first-order valence-electron chi connectivity index (χ1n) is 4.10. The molecule has 0 bridgehead atoms. The summed E-state index contributed by atoms with van der Waals surface area (Å²) < 4.78 is 0. The predicted molar refractivity (Wildman–Crippen MR) is 59.3 cm³/mol. The van der Waals surface area contributed by atoms with E-state index in [0.717, 1.165) is 17.3 Å². The largest absolute Gasteiger partial charge is 0.382 e. The van der Waals surface area contributed by atoms with Gasteiger partial charge in [-0.15, -0.1) is 0 Å². The topological polar surface area (TPSA) is 12.0 Å². The molecule has 0 radical (unpaired) electrons. The summed E-state index contributed by atoms with van der Waals surface area (Å²) in [7, 11) is 0. The van der Waals surface area contributed by atoms with Gasteiger partial charge in [0.15, 0.2) is 0 Å². The number of rotatable bonds is 4. The molecule has 0 aromatic heterocycles. The molecule has 0 spiro atoms. The van der Waals surface area contributed by atoms with E-state index in [9.17, 15) is 0 Å². The summed E-state index contributed by atoms with van der Waals surface area (Å²) >= 11 is 5.74. The van der Waals surface area contributed by atoms with Gasteiger partial charge in [-0.1, -0.05) is 36.4 Å². The number of allylic oxidation sites excluding steroid dienone is 2. The van der Waals surface area contributed by atoms with Crippen molar-refractivity contribution in [2.45, 2.75) is 0 Å². The molecule has 0 aliphatic heterocycles. The molecule has 0 unspecified atom stereocenters. The van der Waals surface area contributed by atoms with Crippen LogP contribution in [0.4, 0.5) is 5.69 Å². The van der Waals surface area contributed by atoms with Crippen molar-refractivity contribution in [2.75, 3.05) is 11.9 Å². The van der Waals surface area contributed by atoms with Crippen molar-refractivity contribution < 1.29 is 0 Å². The van der Waals surface area contributed by atoms with Crippen molar-refractivity contribution in [2.24, 2.45) is 0 Å². The minimum atomic E-state index is 0.757. The summed E-state index contributed by atoms with van der Waals surface area (Å²) in [5.74, 6) is 0. The van der Waals surface area contributed by atoms with Crippen LogP contribution >= 0.6 is 11.6 Å². The Bertz CT molecular complexity index is 287. The first-order chi connectivity index (χ1) is 6.33. The van der Waals surface area contributed by atoms with E-state index in [1.807, 2.05) is 36.4 Å². The average molecular weight is 194 g/mol. The number of halogens is 1. The smallest absolute Gasteiger partial charge is 0.0407 e. The summed E-state index contributed by atoms with van der Waals surface area (Å²) in [6, 6.07) is 7.62. The summed E-state index contributed by atoms with van der Waals surface area (Å²) in [6.45, 7) is 4.38. The fraction of sp³-hybridized carbons (Fsp3) is 0.0909. The maximum Gasteiger partial charge on any atom is 0.0407 e. The summed E-state index contributed by atoms with van der Waals surface area (Å²) in [6.07, 6.45) is 5.66. The molecule has 1 rings (SSSR count). The quantitative estimate of drug-likeness (QED) is 0.722. The van der Waals surface area contributed by atoms with Gasteiger partial charge in [0.05, 0.1) is 0 Å². The minimum Gasteiger partial charge on any atom is -0.382 e. The molecule has 0 aliphatic carbocycles. The van der Waals surface area contributed by atoms with Crippen LogP contribution in [0.15, 0.2) is 49.1 Å². The molecule has 0 heterocycles. The summed E-state index contributed by atoms with van der Waals surface area (Å²) in [4.78, 5) is 0. The Morgan fingerprint density at radius 3 is 2.62 bits per heavy atom. The highest BCUT2D eigenvalue weighted by molar-refractivity contribution is 6.30. The van der Waals surface area contributed by atoms with E-state index in [1.165, 1.54) is 0 Å². The van der Waals surface area contributed by atoms with Crippen LogP contribution in [0.5, 0.6) is 0 Å². The zero-order valence-electron chi connectivity index (χ0n) is 7.33. The van der Waals surface area contributed by atoms with Crippen LogP contribution < -0.4 is 5.32 Å². The Kier molecular flexibility index (Phi) is 4.13. The maximum absolute atomic E-state index is 5.74. The van der Waals surface area contributed by atoms with Gasteiger partial charge in [-0.2, -0.15) is 0 Å². The molecule has 0 aliphatic rings. The normalized spacial score (nSPS) is 10.2. The number of hydrogen-bond donors (Lipinski definition) is 1. The van der Waals surface area contributed by atoms with E-state index < -0.39 is 0 Å². The van der Waals surface area contributed by atoms with E-state index in [4.69, 9.17) is 11.6 Å². The number of nitrogens with one attached hydrogen (secondary N) is 1. The van der Waals surface area contributed by atoms with Crippen LogP contribution in [0, 0.1) is 0 Å². The first-order valence-corrected chi connectivity index (χ1v) is 4.48. The van der Waals surface area contributed by atoms with E-state index in [0.29, 0.717) is 0 Å². The lowest BCUT2D eigenvalue weighted by molar-refractivity contribution is 1.33. The zero-order chi connectivity index (χ0) is 9.52. The van der Waals surface area contributed by atoms with Crippen LogP contribution in [0.3, 0.4) is 0 Å². The number of anilines is 1. The minimum absolute atomic E-state index is 0.757. The lowest BCUT2D eigenvalue weighted by Gasteiger charge is -2.01. The molecular weight excluding hydrogens is 182 g/mol. The molecule has 0 saturated carbocycles. The Hall–Kier alpha value is -1.21. The molecule has 0 saturated heterocycles. The standard InChI is InChI=1S/C11H12ClN/c1-2-3-4-9-13-11-7-5-10(12)6-8-11/h2-8,13H,1,9H2. The maximum atomic E-state index is 5.74. The van der Waals surface area contributed by atoms with Crippen molar-refractivity contribution in [1.82, 2.24) is 0 Å². The van der Waals surface area contributed by atoms with Crippen molar-refractivity contribution in [3.63, 3.8) is 0 Å². The zero-order valence-corrected chi connectivity index (χ0v) is 8.09. The van der Waals surface area contributed by atoms with Gasteiger partial charge in [0.2, 0.25) is 0 Å². The summed E-state index contributed by atoms with van der Waals surface area (Å²) in [5.41, 5.74) is 1.07. The molecule has 13 heavy (non-hydrogen) atoms.